The number of hydrogen-bond donors (Lipinski definition) is 0. The zero-order valence-corrected chi connectivity index (χ0v) is 12.8. The van der Waals surface area contributed by atoms with E-state index in [0.717, 1.165) is 15.7 Å². The summed E-state index contributed by atoms with van der Waals surface area (Å²) >= 11 is 4.99. The molecule has 0 radical (unpaired) electrons. The van der Waals surface area contributed by atoms with Crippen LogP contribution in [-0.2, 0) is 11.3 Å². The van der Waals surface area contributed by atoms with E-state index in [1.807, 2.05) is 29.6 Å². The van der Waals surface area contributed by atoms with Gasteiger partial charge >= 0.3 is 0 Å². The SMILES string of the molecule is CN(Cc1ccccc1Br)C(=O)/C=C\c1cscn1. The lowest BCUT2D eigenvalue weighted by Gasteiger charge is -2.16. The van der Waals surface area contributed by atoms with Crippen LogP contribution >= 0.6 is 27.3 Å². The van der Waals surface area contributed by atoms with Gasteiger partial charge in [0.25, 0.3) is 0 Å². The third kappa shape index (κ3) is 4.01. The van der Waals surface area contributed by atoms with Gasteiger partial charge in [-0.1, -0.05) is 34.1 Å². The zero-order chi connectivity index (χ0) is 13.7. The Morgan fingerprint density at radius 3 is 2.95 bits per heavy atom. The second-order valence-corrected chi connectivity index (χ2v) is 5.61. The molecule has 2 rings (SSSR count). The molecule has 0 unspecified atom stereocenters. The number of amides is 1. The van der Waals surface area contributed by atoms with Crippen molar-refractivity contribution < 1.29 is 4.79 Å². The molecular formula is C14H13BrN2OS. The molecule has 0 bridgehead atoms. The van der Waals surface area contributed by atoms with Gasteiger partial charge in [0.05, 0.1) is 11.2 Å². The molecule has 1 aromatic heterocycles. The molecule has 2 aromatic rings. The molecule has 1 amide bonds. The Balaban J connectivity index is 1.98. The van der Waals surface area contributed by atoms with Crippen LogP contribution in [0.1, 0.15) is 11.3 Å². The van der Waals surface area contributed by atoms with Crippen molar-refractivity contribution in [2.75, 3.05) is 7.05 Å². The summed E-state index contributed by atoms with van der Waals surface area (Å²) in [4.78, 5) is 17.7. The van der Waals surface area contributed by atoms with Gasteiger partial charge < -0.3 is 4.90 Å². The second-order valence-electron chi connectivity index (χ2n) is 4.03. The monoisotopic (exact) mass is 336 g/mol. The van der Waals surface area contributed by atoms with E-state index in [4.69, 9.17) is 0 Å². The molecule has 0 aliphatic carbocycles. The maximum Gasteiger partial charge on any atom is 0.246 e. The molecule has 0 saturated heterocycles. The van der Waals surface area contributed by atoms with Gasteiger partial charge in [-0.25, -0.2) is 4.98 Å². The molecule has 1 aromatic carbocycles. The highest BCUT2D eigenvalue weighted by atomic mass is 79.9. The van der Waals surface area contributed by atoms with E-state index >= 15 is 0 Å². The Hall–Kier alpha value is -1.46. The largest absolute Gasteiger partial charge is 0.338 e. The van der Waals surface area contributed by atoms with Crippen molar-refractivity contribution in [2.24, 2.45) is 0 Å². The molecule has 98 valence electrons. The normalized spacial score (nSPS) is 10.8. The number of aromatic nitrogens is 1. The highest BCUT2D eigenvalue weighted by Crippen LogP contribution is 2.17. The van der Waals surface area contributed by atoms with Crippen molar-refractivity contribution in [3.8, 4) is 0 Å². The minimum atomic E-state index is -0.0382. The van der Waals surface area contributed by atoms with Gasteiger partial charge in [-0.15, -0.1) is 11.3 Å². The van der Waals surface area contributed by atoms with Crippen molar-refractivity contribution >= 4 is 39.2 Å². The van der Waals surface area contributed by atoms with E-state index in [1.165, 1.54) is 11.3 Å². The average molecular weight is 337 g/mol. The molecule has 3 nitrogen and oxygen atoms in total. The van der Waals surface area contributed by atoms with E-state index in [0.29, 0.717) is 6.54 Å². The van der Waals surface area contributed by atoms with Crippen LogP contribution in [-0.4, -0.2) is 22.8 Å². The van der Waals surface area contributed by atoms with E-state index in [9.17, 15) is 4.79 Å². The Morgan fingerprint density at radius 1 is 1.47 bits per heavy atom. The van der Waals surface area contributed by atoms with Crippen LogP contribution < -0.4 is 0 Å². The van der Waals surface area contributed by atoms with E-state index in [2.05, 4.69) is 20.9 Å². The summed E-state index contributed by atoms with van der Waals surface area (Å²) in [6, 6.07) is 7.89. The first-order valence-corrected chi connectivity index (χ1v) is 7.45. The van der Waals surface area contributed by atoms with Crippen LogP contribution in [0.2, 0.25) is 0 Å². The summed E-state index contributed by atoms with van der Waals surface area (Å²) < 4.78 is 1.01. The first-order chi connectivity index (χ1) is 9.16. The maximum absolute atomic E-state index is 12.0. The summed E-state index contributed by atoms with van der Waals surface area (Å²) in [6.07, 6.45) is 3.28. The number of hydrogen-bond acceptors (Lipinski definition) is 3. The lowest BCUT2D eigenvalue weighted by atomic mass is 10.2. The van der Waals surface area contributed by atoms with Crippen LogP contribution in [0.5, 0.6) is 0 Å². The fourth-order valence-electron chi connectivity index (χ4n) is 1.55. The number of carbonyl (C=O) groups excluding carboxylic acids is 1. The third-order valence-electron chi connectivity index (χ3n) is 2.59. The molecule has 1 heterocycles. The summed E-state index contributed by atoms with van der Waals surface area (Å²) in [5, 5.41) is 1.90. The summed E-state index contributed by atoms with van der Waals surface area (Å²) in [5.41, 5.74) is 3.64. The third-order valence-corrected chi connectivity index (χ3v) is 3.97. The number of thiazole rings is 1. The minimum absolute atomic E-state index is 0.0382. The second kappa shape index (κ2) is 6.63. The van der Waals surface area contributed by atoms with Gasteiger partial charge in [0.15, 0.2) is 0 Å². The quantitative estimate of drug-likeness (QED) is 0.799. The molecule has 0 aliphatic rings. The smallest absolute Gasteiger partial charge is 0.246 e. The molecule has 0 atom stereocenters. The number of rotatable bonds is 4. The molecule has 19 heavy (non-hydrogen) atoms. The predicted octanol–water partition coefficient (Wildman–Crippen LogP) is 3.58. The fraction of sp³-hybridized carbons (Fsp3) is 0.143. The maximum atomic E-state index is 12.0. The average Bonchev–Trinajstić information content (AvgIpc) is 2.91. The van der Waals surface area contributed by atoms with E-state index in [-0.39, 0.29) is 5.91 Å². The van der Waals surface area contributed by atoms with E-state index < -0.39 is 0 Å². The van der Waals surface area contributed by atoms with Gasteiger partial charge in [-0.05, 0) is 17.7 Å². The lowest BCUT2D eigenvalue weighted by Crippen LogP contribution is -2.24. The van der Waals surface area contributed by atoms with Gasteiger partial charge in [0, 0.05) is 29.5 Å². The van der Waals surface area contributed by atoms with E-state index in [1.54, 1.807) is 29.6 Å². The molecule has 5 heteroatoms. The van der Waals surface area contributed by atoms with Crippen LogP contribution in [0.25, 0.3) is 6.08 Å². The first kappa shape index (κ1) is 14.0. The minimum Gasteiger partial charge on any atom is -0.338 e. The van der Waals surface area contributed by atoms with Crippen LogP contribution in [0.4, 0.5) is 0 Å². The van der Waals surface area contributed by atoms with Gasteiger partial charge in [-0.3, -0.25) is 4.79 Å². The molecular weight excluding hydrogens is 324 g/mol. The van der Waals surface area contributed by atoms with Crippen molar-refractivity contribution in [1.82, 2.24) is 9.88 Å². The number of carbonyl (C=O) groups is 1. The van der Waals surface area contributed by atoms with Crippen molar-refractivity contribution in [3.05, 3.63) is 57.0 Å². The standard InChI is InChI=1S/C14H13BrN2OS/c1-17(8-11-4-2-3-5-13(11)15)14(18)7-6-12-9-19-10-16-12/h2-7,9-10H,8H2,1H3/b7-6-. The molecule has 0 saturated carbocycles. The highest BCUT2D eigenvalue weighted by molar-refractivity contribution is 9.10. The van der Waals surface area contributed by atoms with Crippen LogP contribution in [0.15, 0.2) is 45.7 Å². The first-order valence-electron chi connectivity index (χ1n) is 5.71. The zero-order valence-electron chi connectivity index (χ0n) is 10.4. The molecule has 0 fully saturated rings. The van der Waals surface area contributed by atoms with Crippen LogP contribution in [0, 0.1) is 0 Å². The highest BCUT2D eigenvalue weighted by Gasteiger charge is 2.07. The fourth-order valence-corrected chi connectivity index (χ4v) is 2.48. The number of halogens is 1. The number of likely N-dealkylation sites (N-methyl/N-ethyl adjacent to an activating group) is 1. The van der Waals surface area contributed by atoms with Crippen LogP contribution in [0.3, 0.4) is 0 Å². The van der Waals surface area contributed by atoms with Gasteiger partial charge in [-0.2, -0.15) is 0 Å². The summed E-state index contributed by atoms with van der Waals surface area (Å²) in [7, 11) is 1.78. The van der Waals surface area contributed by atoms with Gasteiger partial charge in [0.2, 0.25) is 5.91 Å². The Labute approximate surface area is 124 Å². The van der Waals surface area contributed by atoms with Gasteiger partial charge in [0.1, 0.15) is 0 Å². The van der Waals surface area contributed by atoms with Crippen molar-refractivity contribution in [2.45, 2.75) is 6.54 Å². The molecule has 0 spiro atoms. The number of benzene rings is 1. The Bertz CT molecular complexity index is 581. The Morgan fingerprint density at radius 2 is 2.26 bits per heavy atom. The summed E-state index contributed by atoms with van der Waals surface area (Å²) in [5.74, 6) is -0.0382. The lowest BCUT2D eigenvalue weighted by molar-refractivity contribution is -0.125. The van der Waals surface area contributed by atoms with Crippen molar-refractivity contribution in [3.63, 3.8) is 0 Å². The molecule has 0 N–H and O–H groups in total. The number of nitrogens with zero attached hydrogens (tertiary/aromatic N) is 2. The Kier molecular flexibility index (Phi) is 4.87. The predicted molar refractivity (Wildman–Crippen MR) is 81.8 cm³/mol. The molecule has 0 aliphatic heterocycles. The summed E-state index contributed by atoms with van der Waals surface area (Å²) in [6.45, 7) is 0.571. The topological polar surface area (TPSA) is 33.2 Å². The van der Waals surface area contributed by atoms with Crippen molar-refractivity contribution in [1.29, 1.82) is 0 Å².